The summed E-state index contributed by atoms with van der Waals surface area (Å²) in [5, 5.41) is 0. The van der Waals surface area contributed by atoms with Gasteiger partial charge in [-0.15, -0.1) is 0 Å². The fourth-order valence-electron chi connectivity index (χ4n) is 1.56. The Bertz CT molecular complexity index is 455. The molecule has 0 aromatic carbocycles. The van der Waals surface area contributed by atoms with Gasteiger partial charge in [-0.05, 0) is 32.4 Å². The van der Waals surface area contributed by atoms with Crippen molar-refractivity contribution in [3.63, 3.8) is 0 Å². The van der Waals surface area contributed by atoms with E-state index < -0.39 is 5.91 Å². The number of aromatic nitrogens is 1. The zero-order valence-corrected chi connectivity index (χ0v) is 10.2. The van der Waals surface area contributed by atoms with Gasteiger partial charge in [-0.1, -0.05) is 0 Å². The number of carbonyl (C=O) groups excluding carboxylic acids is 2. The van der Waals surface area contributed by atoms with Crippen LogP contribution in [0.25, 0.3) is 0 Å². The molecule has 1 aromatic heterocycles. The van der Waals surface area contributed by atoms with Crippen molar-refractivity contribution in [3.8, 4) is 0 Å². The van der Waals surface area contributed by atoms with E-state index in [4.69, 9.17) is 10.5 Å². The van der Waals surface area contributed by atoms with Crippen LogP contribution in [-0.4, -0.2) is 23.5 Å². The first-order valence-electron chi connectivity index (χ1n) is 5.38. The second-order valence-electron chi connectivity index (χ2n) is 3.71. The third-order valence-corrected chi connectivity index (χ3v) is 2.41. The molecule has 0 atom stereocenters. The van der Waals surface area contributed by atoms with Gasteiger partial charge in [0.05, 0.1) is 24.3 Å². The highest BCUT2D eigenvalue weighted by Crippen LogP contribution is 2.13. The minimum Gasteiger partial charge on any atom is -0.466 e. The van der Waals surface area contributed by atoms with E-state index in [9.17, 15) is 9.59 Å². The first-order valence-corrected chi connectivity index (χ1v) is 5.38. The van der Waals surface area contributed by atoms with Gasteiger partial charge >= 0.3 is 5.97 Å². The summed E-state index contributed by atoms with van der Waals surface area (Å²) < 4.78 is 4.85. The number of esters is 1. The summed E-state index contributed by atoms with van der Waals surface area (Å²) in [6, 6.07) is 1.61. The molecule has 5 nitrogen and oxygen atoms in total. The van der Waals surface area contributed by atoms with E-state index in [1.165, 1.54) is 0 Å². The van der Waals surface area contributed by atoms with Gasteiger partial charge in [0.2, 0.25) is 0 Å². The lowest BCUT2D eigenvalue weighted by Gasteiger charge is -2.09. The molecule has 1 aromatic rings. The summed E-state index contributed by atoms with van der Waals surface area (Å²) >= 11 is 0. The summed E-state index contributed by atoms with van der Waals surface area (Å²) in [4.78, 5) is 26.7. The van der Waals surface area contributed by atoms with E-state index in [1.807, 2.05) is 0 Å². The molecule has 0 aliphatic carbocycles. The molecule has 0 saturated heterocycles. The summed E-state index contributed by atoms with van der Waals surface area (Å²) in [6.45, 7) is 5.57. The Morgan fingerprint density at radius 2 is 2.00 bits per heavy atom. The molecular weight excluding hydrogens is 220 g/mol. The van der Waals surface area contributed by atoms with Gasteiger partial charge in [0.1, 0.15) is 0 Å². The molecule has 2 N–H and O–H groups in total. The highest BCUT2D eigenvalue weighted by molar-refractivity contribution is 5.94. The molecule has 1 amide bonds. The molecule has 0 bridgehead atoms. The zero-order chi connectivity index (χ0) is 13.0. The molecule has 0 unspecified atom stereocenters. The Balaban J connectivity index is 3.03. The van der Waals surface area contributed by atoms with E-state index in [0.29, 0.717) is 29.1 Å². The zero-order valence-electron chi connectivity index (χ0n) is 10.2. The summed E-state index contributed by atoms with van der Waals surface area (Å²) in [6.07, 6.45) is 0.104. The topological polar surface area (TPSA) is 82.3 Å². The standard InChI is InChI=1S/C12H16N2O3/c1-4-17-11(15)6-9-5-10(12(13)16)8(3)14-7(9)2/h5H,4,6H2,1-3H3,(H2,13,16). The largest absolute Gasteiger partial charge is 0.466 e. The lowest BCUT2D eigenvalue weighted by atomic mass is 10.1. The first kappa shape index (κ1) is 13.2. The number of primary amides is 1. The van der Waals surface area contributed by atoms with Gasteiger partial charge in [-0.3, -0.25) is 14.6 Å². The van der Waals surface area contributed by atoms with Crippen LogP contribution < -0.4 is 5.73 Å². The highest BCUT2D eigenvalue weighted by atomic mass is 16.5. The number of rotatable bonds is 4. The van der Waals surface area contributed by atoms with Crippen LogP contribution in [0.4, 0.5) is 0 Å². The van der Waals surface area contributed by atoms with Crippen molar-refractivity contribution in [1.82, 2.24) is 4.98 Å². The first-order chi connectivity index (χ1) is 7.95. The van der Waals surface area contributed by atoms with Crippen molar-refractivity contribution in [2.75, 3.05) is 6.61 Å². The van der Waals surface area contributed by atoms with Crippen LogP contribution in [0, 0.1) is 13.8 Å². The fourth-order valence-corrected chi connectivity index (χ4v) is 1.56. The van der Waals surface area contributed by atoms with E-state index >= 15 is 0 Å². The van der Waals surface area contributed by atoms with E-state index in [1.54, 1.807) is 26.8 Å². The molecule has 0 aliphatic rings. The van der Waals surface area contributed by atoms with Gasteiger partial charge in [0.25, 0.3) is 5.91 Å². The third kappa shape index (κ3) is 3.27. The van der Waals surface area contributed by atoms with E-state index in [2.05, 4.69) is 4.98 Å². The Labute approximate surface area is 100.0 Å². The van der Waals surface area contributed by atoms with Crippen molar-refractivity contribution >= 4 is 11.9 Å². The second-order valence-corrected chi connectivity index (χ2v) is 3.71. The summed E-state index contributed by atoms with van der Waals surface area (Å²) in [5.41, 5.74) is 7.52. The van der Waals surface area contributed by atoms with Crippen molar-refractivity contribution in [2.24, 2.45) is 5.73 Å². The number of ether oxygens (including phenoxy) is 1. The van der Waals surface area contributed by atoms with Crippen molar-refractivity contribution in [2.45, 2.75) is 27.2 Å². The number of pyridine rings is 1. The Kier molecular flexibility index (Phi) is 4.20. The molecule has 0 saturated carbocycles. The van der Waals surface area contributed by atoms with Gasteiger partial charge in [-0.25, -0.2) is 0 Å². The smallest absolute Gasteiger partial charge is 0.310 e. The number of nitrogens with zero attached hydrogens (tertiary/aromatic N) is 1. The third-order valence-electron chi connectivity index (χ3n) is 2.41. The van der Waals surface area contributed by atoms with Crippen LogP contribution >= 0.6 is 0 Å². The van der Waals surface area contributed by atoms with Crippen LogP contribution in [0.15, 0.2) is 6.07 Å². The maximum absolute atomic E-state index is 11.4. The van der Waals surface area contributed by atoms with Crippen LogP contribution in [0.2, 0.25) is 0 Å². The monoisotopic (exact) mass is 236 g/mol. The molecule has 5 heteroatoms. The van der Waals surface area contributed by atoms with Crippen molar-refractivity contribution in [1.29, 1.82) is 0 Å². The van der Waals surface area contributed by atoms with Crippen LogP contribution in [0.1, 0.15) is 34.2 Å². The maximum Gasteiger partial charge on any atom is 0.310 e. The molecule has 0 fully saturated rings. The van der Waals surface area contributed by atoms with Gasteiger partial charge in [0.15, 0.2) is 0 Å². The second kappa shape index (κ2) is 5.43. The minimum atomic E-state index is -0.542. The number of amides is 1. The molecule has 17 heavy (non-hydrogen) atoms. The van der Waals surface area contributed by atoms with Crippen LogP contribution in [0.3, 0.4) is 0 Å². The van der Waals surface area contributed by atoms with Crippen molar-refractivity contribution in [3.05, 3.63) is 28.6 Å². The average molecular weight is 236 g/mol. The highest BCUT2D eigenvalue weighted by Gasteiger charge is 2.13. The summed E-state index contributed by atoms with van der Waals surface area (Å²) in [5.74, 6) is -0.878. The number of nitrogens with two attached hydrogens (primary N) is 1. The van der Waals surface area contributed by atoms with Crippen LogP contribution in [0.5, 0.6) is 0 Å². The van der Waals surface area contributed by atoms with E-state index in [0.717, 1.165) is 0 Å². The number of hydrogen-bond donors (Lipinski definition) is 1. The van der Waals surface area contributed by atoms with Crippen LogP contribution in [-0.2, 0) is 16.0 Å². The van der Waals surface area contributed by atoms with E-state index in [-0.39, 0.29) is 12.4 Å². The molecular formula is C12H16N2O3. The fraction of sp³-hybridized carbons (Fsp3) is 0.417. The molecule has 0 spiro atoms. The molecule has 1 heterocycles. The Morgan fingerprint density at radius 1 is 1.35 bits per heavy atom. The Morgan fingerprint density at radius 3 is 2.53 bits per heavy atom. The SMILES string of the molecule is CCOC(=O)Cc1cc(C(N)=O)c(C)nc1C. The molecule has 1 rings (SSSR count). The predicted octanol–water partition coefficient (Wildman–Crippen LogP) is 0.903. The normalized spacial score (nSPS) is 10.1. The average Bonchev–Trinajstić information content (AvgIpc) is 2.21. The van der Waals surface area contributed by atoms with Crippen molar-refractivity contribution < 1.29 is 14.3 Å². The number of aryl methyl sites for hydroxylation is 2. The summed E-state index contributed by atoms with van der Waals surface area (Å²) in [7, 11) is 0. The molecule has 0 radical (unpaired) electrons. The van der Waals surface area contributed by atoms with Gasteiger partial charge in [0, 0.05) is 5.69 Å². The maximum atomic E-state index is 11.4. The molecule has 92 valence electrons. The quantitative estimate of drug-likeness (QED) is 0.787. The van der Waals surface area contributed by atoms with Gasteiger partial charge < -0.3 is 10.5 Å². The lowest BCUT2D eigenvalue weighted by molar-refractivity contribution is -0.142. The number of hydrogen-bond acceptors (Lipinski definition) is 4. The predicted molar refractivity (Wildman–Crippen MR) is 62.6 cm³/mol. The number of carbonyl (C=O) groups is 2. The molecule has 0 aliphatic heterocycles. The Hall–Kier alpha value is -1.91. The van der Waals surface area contributed by atoms with Gasteiger partial charge in [-0.2, -0.15) is 0 Å². The lowest BCUT2D eigenvalue weighted by Crippen LogP contribution is -2.16. The minimum absolute atomic E-state index is 0.104.